The third-order valence-corrected chi connectivity index (χ3v) is 16.7. The molecule has 11 rings (SSSR count). The first-order chi connectivity index (χ1) is 36.8. The number of ether oxygens (including phenoxy) is 2. The van der Waals surface area contributed by atoms with Gasteiger partial charge >= 0.3 is 7.12 Å². The molecule has 382 valence electrons. The predicted molar refractivity (Wildman–Crippen MR) is 302 cm³/mol. The van der Waals surface area contributed by atoms with E-state index in [4.69, 9.17) is 19.5 Å². The van der Waals surface area contributed by atoms with Gasteiger partial charge in [-0.3, -0.25) is 4.99 Å². The first kappa shape index (κ1) is 53.6. The first-order valence-electron chi connectivity index (χ1n) is 24.7. The van der Waals surface area contributed by atoms with Crippen molar-refractivity contribution in [1.29, 1.82) is 0 Å². The molecule has 0 saturated heterocycles. The molecule has 2 aliphatic rings. The number of sulfone groups is 1. The van der Waals surface area contributed by atoms with Gasteiger partial charge in [0, 0.05) is 43.8 Å². The lowest BCUT2D eigenvalue weighted by atomic mass is 9.80. The van der Waals surface area contributed by atoms with Gasteiger partial charge in [0.2, 0.25) is 0 Å². The first-order valence-corrected chi connectivity index (χ1v) is 28.0. The Morgan fingerprint density at radius 1 is 0.566 bits per heavy atom. The van der Waals surface area contributed by atoms with Crippen molar-refractivity contribution in [3.8, 4) is 11.5 Å². The molecular formula is C63H54BF2NO6S3. The Hall–Kier alpha value is -7.26. The highest BCUT2D eigenvalue weighted by molar-refractivity contribution is 7.99. The van der Waals surface area contributed by atoms with E-state index in [9.17, 15) is 17.2 Å². The van der Waals surface area contributed by atoms with Crippen molar-refractivity contribution in [1.82, 2.24) is 0 Å². The Bertz CT molecular complexity index is 3580. The van der Waals surface area contributed by atoms with Crippen LogP contribution in [0.3, 0.4) is 0 Å². The fraction of sp³-hybridized carbons (Fsp3) is 0.127. The quantitative estimate of drug-likeness (QED) is 0.0869. The number of aryl methyl sites for hydroxylation is 1. The molecule has 2 N–H and O–H groups in total. The summed E-state index contributed by atoms with van der Waals surface area (Å²) in [6.07, 6.45) is 3.48. The van der Waals surface area contributed by atoms with Crippen LogP contribution in [0.2, 0.25) is 0 Å². The van der Waals surface area contributed by atoms with E-state index in [0.717, 1.165) is 46.7 Å². The number of halogens is 2. The topological polar surface area (TPSA) is 105 Å². The summed E-state index contributed by atoms with van der Waals surface area (Å²) < 4.78 is 63.7. The molecule has 0 fully saturated rings. The number of rotatable bonds is 13. The van der Waals surface area contributed by atoms with E-state index in [1.54, 1.807) is 48.3 Å². The zero-order chi connectivity index (χ0) is 53.0. The van der Waals surface area contributed by atoms with Crippen LogP contribution in [0.1, 0.15) is 68.5 Å². The number of hydrogen-bond donors (Lipinski definition) is 2. The Balaban J connectivity index is 0.000000144. The summed E-state index contributed by atoms with van der Waals surface area (Å²) >= 11 is 3.61. The van der Waals surface area contributed by atoms with Gasteiger partial charge in [-0.15, -0.1) is 0 Å². The van der Waals surface area contributed by atoms with Gasteiger partial charge < -0.3 is 19.5 Å². The number of hydrogen-bond acceptors (Lipinski definition) is 9. The molecule has 0 aliphatic carbocycles. The monoisotopic (exact) mass is 1070 g/mol. The highest BCUT2D eigenvalue weighted by Crippen LogP contribution is 2.42. The zero-order valence-corrected chi connectivity index (χ0v) is 44.3. The average molecular weight is 1070 g/mol. The normalized spacial score (nSPS) is 12.6. The molecular weight excluding hydrogens is 1010 g/mol. The van der Waals surface area contributed by atoms with Gasteiger partial charge in [0.05, 0.1) is 4.90 Å². The Kier molecular flexibility index (Phi) is 17.7. The van der Waals surface area contributed by atoms with Gasteiger partial charge in [-0.1, -0.05) is 163 Å². The highest BCUT2D eigenvalue weighted by Gasteiger charge is 2.20. The number of nitrogens with zero attached hydrogens (tertiary/aromatic N) is 1. The molecule has 0 bridgehead atoms. The van der Waals surface area contributed by atoms with Gasteiger partial charge in [0.25, 0.3) is 0 Å². The molecule has 1 unspecified atom stereocenters. The van der Waals surface area contributed by atoms with Crippen molar-refractivity contribution in [2.45, 2.75) is 70.3 Å². The minimum absolute atomic E-state index is 0.0676. The maximum absolute atomic E-state index is 14.4. The summed E-state index contributed by atoms with van der Waals surface area (Å²) in [4.78, 5) is 9.68. The molecule has 2 aliphatic heterocycles. The predicted octanol–water partition coefficient (Wildman–Crippen LogP) is 13.6. The molecule has 0 radical (unpaired) electrons. The van der Waals surface area contributed by atoms with E-state index >= 15 is 0 Å². The van der Waals surface area contributed by atoms with Crippen molar-refractivity contribution < 1.29 is 36.7 Å². The smallest absolute Gasteiger partial charge is 0.488 e. The second-order valence-electron chi connectivity index (χ2n) is 18.5. The fourth-order valence-corrected chi connectivity index (χ4v) is 11.7. The van der Waals surface area contributed by atoms with Crippen molar-refractivity contribution >= 4 is 52.2 Å². The molecule has 1 atom stereocenters. The minimum Gasteiger partial charge on any atom is -0.489 e. The van der Waals surface area contributed by atoms with Gasteiger partial charge in [-0.2, -0.15) is 0 Å². The molecule has 76 heavy (non-hydrogen) atoms. The minimum atomic E-state index is -3.41. The zero-order valence-electron chi connectivity index (χ0n) is 41.9. The van der Waals surface area contributed by atoms with E-state index in [0.29, 0.717) is 23.9 Å². The van der Waals surface area contributed by atoms with E-state index in [-0.39, 0.29) is 28.8 Å². The maximum atomic E-state index is 14.4. The lowest BCUT2D eigenvalue weighted by Crippen LogP contribution is -2.30. The summed E-state index contributed by atoms with van der Waals surface area (Å²) in [6.45, 7) is 4.78. The number of aliphatic imine (C=N–C) groups is 1. The number of fused-ring (bicyclic) bond motifs is 4. The van der Waals surface area contributed by atoms with E-state index in [1.165, 1.54) is 65.6 Å². The lowest BCUT2D eigenvalue weighted by Gasteiger charge is -2.21. The van der Waals surface area contributed by atoms with Gasteiger partial charge in [0.1, 0.15) is 42.2 Å². The second-order valence-corrected chi connectivity index (χ2v) is 22.6. The van der Waals surface area contributed by atoms with Crippen LogP contribution in [0, 0.1) is 18.6 Å². The van der Waals surface area contributed by atoms with Crippen LogP contribution in [0.15, 0.2) is 236 Å². The molecule has 0 aromatic heterocycles. The molecule has 9 aromatic rings. The second kappa shape index (κ2) is 25.1. The standard InChI is InChI=1S/C28H23FOS.C22H19NO2S2.C13H12BFO3/c1-19(21-11-12-28-24(13-21)14-22-9-5-6-10-27(22)31-28)23-15-25(29)17-26(16-23)30-18-20-7-3-2-4-8-20;1-16-6-9-20(10-7-16)27(24,25)15-23-14-17-8-11-22-19(12-17)13-18-4-2-3-5-21(18)26-22;15-12-6-11(14(16)17)7-13(8-12)18-9-10-4-2-1-3-5-10/h2-13,15-17,19H,14,18H2,1H3;2-12,14H,13,15H2,1H3;1-8,16-17H,9H2. The van der Waals surface area contributed by atoms with Crippen LogP contribution in [0.25, 0.3) is 0 Å². The van der Waals surface area contributed by atoms with Crippen molar-refractivity contribution in [2.24, 2.45) is 4.99 Å². The van der Waals surface area contributed by atoms with Crippen molar-refractivity contribution in [3.05, 3.63) is 274 Å². The van der Waals surface area contributed by atoms with Crippen LogP contribution in [0.4, 0.5) is 8.78 Å². The van der Waals surface area contributed by atoms with Crippen LogP contribution in [-0.2, 0) is 35.9 Å². The highest BCUT2D eigenvalue weighted by atomic mass is 32.2. The summed E-state index contributed by atoms with van der Waals surface area (Å²) in [5.74, 6) is -0.180. The molecule has 13 heteroatoms. The Labute approximate surface area is 452 Å². The van der Waals surface area contributed by atoms with E-state index in [1.807, 2.05) is 91.5 Å². The molecule has 9 aromatic carbocycles. The summed E-state index contributed by atoms with van der Waals surface area (Å²) in [7, 11) is -5.12. The fourth-order valence-electron chi connectivity index (χ4n) is 8.64. The van der Waals surface area contributed by atoms with Crippen LogP contribution < -0.4 is 14.9 Å². The van der Waals surface area contributed by atoms with E-state index < -0.39 is 22.8 Å². The van der Waals surface area contributed by atoms with Gasteiger partial charge in [0.15, 0.2) is 9.84 Å². The molecule has 2 heterocycles. The van der Waals surface area contributed by atoms with Gasteiger partial charge in [-0.05, 0) is 142 Å². The van der Waals surface area contributed by atoms with Crippen LogP contribution >= 0.6 is 23.5 Å². The van der Waals surface area contributed by atoms with Crippen molar-refractivity contribution in [3.63, 3.8) is 0 Å². The third-order valence-electron chi connectivity index (χ3n) is 12.8. The molecule has 0 saturated carbocycles. The molecule has 7 nitrogen and oxygen atoms in total. The van der Waals surface area contributed by atoms with Crippen LogP contribution in [0.5, 0.6) is 11.5 Å². The summed E-state index contributed by atoms with van der Waals surface area (Å²) in [5, 5.41) is 18.0. The van der Waals surface area contributed by atoms with Gasteiger partial charge in [-0.25, -0.2) is 17.2 Å². The summed E-state index contributed by atoms with van der Waals surface area (Å²) in [6, 6.07) is 64.7. The molecule has 0 spiro atoms. The Morgan fingerprint density at radius 3 is 1.67 bits per heavy atom. The SMILES string of the molecule is CC(c1cc(F)cc(OCc2ccccc2)c1)c1ccc2c(c1)Cc1ccccc1S2.Cc1ccc(S(=O)(=O)CN=Cc2ccc3c(c2)Cc2ccccc2S3)cc1.OB(O)c1cc(F)cc(OCc2ccccc2)c1. The van der Waals surface area contributed by atoms with Crippen molar-refractivity contribution in [2.75, 3.05) is 5.88 Å². The van der Waals surface area contributed by atoms with E-state index in [2.05, 4.69) is 90.8 Å². The lowest BCUT2D eigenvalue weighted by molar-refractivity contribution is 0.304. The largest absolute Gasteiger partial charge is 0.489 e. The third kappa shape index (κ3) is 14.4. The van der Waals surface area contributed by atoms with Crippen LogP contribution in [-0.4, -0.2) is 37.7 Å². The molecule has 0 amide bonds. The average Bonchev–Trinajstić information content (AvgIpc) is 3.44. The Morgan fingerprint density at radius 2 is 1.08 bits per heavy atom. The maximum Gasteiger partial charge on any atom is 0.488 e. The number of benzene rings is 9. The summed E-state index contributed by atoms with van der Waals surface area (Å²) in [5.41, 5.74) is 11.4.